The van der Waals surface area contributed by atoms with Gasteiger partial charge in [0, 0.05) is 37.4 Å². The molecule has 0 spiro atoms. The number of rotatable bonds is 4. The van der Waals surface area contributed by atoms with Gasteiger partial charge in [0.25, 0.3) is 0 Å². The van der Waals surface area contributed by atoms with E-state index in [-0.39, 0.29) is 0 Å². The minimum absolute atomic E-state index is 1.16. The van der Waals surface area contributed by atoms with Crippen molar-refractivity contribution in [3.05, 3.63) is 188 Å². The van der Waals surface area contributed by atoms with Gasteiger partial charge in [0.15, 0.2) is 0 Å². The summed E-state index contributed by atoms with van der Waals surface area (Å²) in [6.07, 6.45) is 2.22. The van der Waals surface area contributed by atoms with Gasteiger partial charge in [-0.15, -0.1) is 11.3 Å². The zero-order valence-corrected chi connectivity index (χ0v) is 29.1. The Labute approximate surface area is 305 Å². The van der Waals surface area contributed by atoms with Crippen molar-refractivity contribution < 1.29 is 0 Å². The van der Waals surface area contributed by atoms with Crippen molar-refractivity contribution in [1.82, 2.24) is 4.57 Å². The molecule has 0 aliphatic rings. The lowest BCUT2D eigenvalue weighted by Crippen LogP contribution is -1.92. The number of hydrogen-bond acceptors (Lipinski definition) is 1. The average molecular weight is 678 g/mol. The highest BCUT2D eigenvalue weighted by molar-refractivity contribution is 7.25. The summed E-state index contributed by atoms with van der Waals surface area (Å²) in [4.78, 5) is 0. The van der Waals surface area contributed by atoms with Crippen LogP contribution in [0.4, 0.5) is 0 Å². The summed E-state index contributed by atoms with van der Waals surface area (Å²) in [6.45, 7) is 0. The van der Waals surface area contributed by atoms with E-state index in [0.29, 0.717) is 0 Å². The van der Waals surface area contributed by atoms with Gasteiger partial charge in [0.1, 0.15) is 0 Å². The van der Waals surface area contributed by atoms with Gasteiger partial charge in [-0.3, -0.25) is 0 Å². The van der Waals surface area contributed by atoms with E-state index in [0.717, 1.165) is 5.69 Å². The summed E-state index contributed by atoms with van der Waals surface area (Å²) in [7, 11) is 0. The van der Waals surface area contributed by atoms with Crippen LogP contribution in [-0.2, 0) is 0 Å². The van der Waals surface area contributed by atoms with Crippen LogP contribution in [-0.4, -0.2) is 4.57 Å². The van der Waals surface area contributed by atoms with E-state index in [1.54, 1.807) is 0 Å². The van der Waals surface area contributed by atoms with Gasteiger partial charge in [-0.25, -0.2) is 0 Å². The molecule has 1 nitrogen and oxygen atoms in total. The van der Waals surface area contributed by atoms with Crippen LogP contribution in [0.15, 0.2) is 188 Å². The SMILES string of the molecule is c1ccc(-c2cccc(-c3ccc4sc5cc6ccn(-c7cccc(-c8ccc9c%10ccccc%10c%10ccccc%10c9c8)c7)c6cc5c4c3)c2)cc1. The second kappa shape index (κ2) is 11.5. The molecular weight excluding hydrogens is 647 g/mol. The Morgan fingerprint density at radius 2 is 0.846 bits per heavy atom. The molecule has 0 amide bonds. The molecule has 0 aliphatic heterocycles. The predicted octanol–water partition coefficient (Wildman–Crippen LogP) is 14.5. The lowest BCUT2D eigenvalue weighted by Gasteiger charge is -2.13. The van der Waals surface area contributed by atoms with E-state index in [1.807, 2.05) is 11.3 Å². The zero-order chi connectivity index (χ0) is 34.2. The Kier molecular flexibility index (Phi) is 6.49. The number of nitrogens with zero attached hydrogens (tertiary/aromatic N) is 1. The number of aromatic nitrogens is 1. The van der Waals surface area contributed by atoms with Gasteiger partial charge in [0.2, 0.25) is 0 Å². The van der Waals surface area contributed by atoms with Crippen molar-refractivity contribution in [2.45, 2.75) is 0 Å². The van der Waals surface area contributed by atoms with Gasteiger partial charge < -0.3 is 4.57 Å². The number of thiophene rings is 1. The van der Waals surface area contributed by atoms with E-state index >= 15 is 0 Å². The lowest BCUT2D eigenvalue weighted by molar-refractivity contribution is 1.13. The van der Waals surface area contributed by atoms with Gasteiger partial charge in [-0.1, -0.05) is 127 Å². The molecule has 242 valence electrons. The summed E-state index contributed by atoms with van der Waals surface area (Å²) in [6, 6.07) is 67.0. The van der Waals surface area contributed by atoms with Crippen molar-refractivity contribution >= 4 is 74.7 Å². The maximum atomic E-state index is 2.40. The largest absolute Gasteiger partial charge is 0.317 e. The van der Waals surface area contributed by atoms with Crippen molar-refractivity contribution in [3.63, 3.8) is 0 Å². The van der Waals surface area contributed by atoms with Gasteiger partial charge in [-0.05, 0) is 120 Å². The first kappa shape index (κ1) is 29.3. The third-order valence-electron chi connectivity index (χ3n) is 10.8. The topological polar surface area (TPSA) is 4.93 Å². The molecule has 11 aromatic rings. The third-order valence-corrected chi connectivity index (χ3v) is 11.9. The zero-order valence-electron chi connectivity index (χ0n) is 28.3. The molecule has 0 saturated heterocycles. The fourth-order valence-electron chi connectivity index (χ4n) is 8.24. The van der Waals surface area contributed by atoms with E-state index < -0.39 is 0 Å². The molecular formula is C50H31NS. The van der Waals surface area contributed by atoms with Crippen LogP contribution in [0.2, 0.25) is 0 Å². The van der Waals surface area contributed by atoms with Crippen molar-refractivity contribution in [2.24, 2.45) is 0 Å². The molecule has 2 heterocycles. The second-order valence-electron chi connectivity index (χ2n) is 13.8. The highest BCUT2D eigenvalue weighted by Crippen LogP contribution is 2.41. The fourth-order valence-corrected chi connectivity index (χ4v) is 9.36. The molecule has 0 aliphatic carbocycles. The average Bonchev–Trinajstić information content (AvgIpc) is 3.80. The molecule has 2 heteroatoms. The number of fused-ring (bicyclic) bond motifs is 10. The van der Waals surface area contributed by atoms with E-state index in [4.69, 9.17) is 0 Å². The van der Waals surface area contributed by atoms with Crippen LogP contribution >= 0.6 is 11.3 Å². The first-order valence-electron chi connectivity index (χ1n) is 17.8. The first-order chi connectivity index (χ1) is 25.7. The molecule has 0 saturated carbocycles. The molecule has 0 unspecified atom stereocenters. The maximum absolute atomic E-state index is 2.40. The quantitative estimate of drug-likeness (QED) is 0.163. The Hall–Kier alpha value is -6.48. The molecule has 9 aromatic carbocycles. The van der Waals surface area contributed by atoms with Crippen molar-refractivity contribution in [1.29, 1.82) is 0 Å². The Morgan fingerprint density at radius 3 is 1.60 bits per heavy atom. The minimum atomic E-state index is 1.16. The predicted molar refractivity (Wildman–Crippen MR) is 225 cm³/mol. The molecule has 52 heavy (non-hydrogen) atoms. The molecule has 0 atom stereocenters. The van der Waals surface area contributed by atoms with Crippen LogP contribution in [0.25, 0.3) is 102 Å². The van der Waals surface area contributed by atoms with Gasteiger partial charge in [0.05, 0.1) is 5.52 Å². The monoisotopic (exact) mass is 677 g/mol. The molecule has 2 aromatic heterocycles. The number of hydrogen-bond donors (Lipinski definition) is 0. The number of benzene rings is 9. The highest BCUT2D eigenvalue weighted by Gasteiger charge is 2.14. The van der Waals surface area contributed by atoms with Crippen LogP contribution in [0.3, 0.4) is 0 Å². The summed E-state index contributed by atoms with van der Waals surface area (Å²) in [5, 5.41) is 11.7. The van der Waals surface area contributed by atoms with E-state index in [9.17, 15) is 0 Å². The standard InChI is InChI=1S/C50H31NS/c1-2-10-32(11-3-1)33-12-8-13-34(26-33)37-21-23-49-46(29-37)47-31-48-38(30-50(47)52-49)24-25-51(48)39-15-9-14-35(27-39)36-20-22-44-42-18-5-4-16-40(42)41-17-6-7-19-43(41)45(44)28-36/h1-31H. The maximum Gasteiger partial charge on any atom is 0.0535 e. The van der Waals surface area contributed by atoms with Crippen molar-refractivity contribution in [2.75, 3.05) is 0 Å². The molecule has 11 rings (SSSR count). The molecule has 0 fully saturated rings. The van der Waals surface area contributed by atoms with Crippen LogP contribution in [0, 0.1) is 0 Å². The van der Waals surface area contributed by atoms with E-state index in [1.165, 1.54) is 96.8 Å². The first-order valence-corrected chi connectivity index (χ1v) is 18.6. The van der Waals surface area contributed by atoms with Crippen LogP contribution < -0.4 is 0 Å². The van der Waals surface area contributed by atoms with E-state index in [2.05, 4.69) is 193 Å². The Balaban J connectivity index is 1.02. The normalized spacial score (nSPS) is 11.8. The van der Waals surface area contributed by atoms with Gasteiger partial charge in [-0.2, -0.15) is 0 Å². The highest BCUT2D eigenvalue weighted by atomic mass is 32.1. The summed E-state index contributed by atoms with van der Waals surface area (Å²) in [5.74, 6) is 0. The third kappa shape index (κ3) is 4.62. The minimum Gasteiger partial charge on any atom is -0.317 e. The van der Waals surface area contributed by atoms with Crippen LogP contribution in [0.1, 0.15) is 0 Å². The molecule has 0 N–H and O–H groups in total. The van der Waals surface area contributed by atoms with Crippen LogP contribution in [0.5, 0.6) is 0 Å². The van der Waals surface area contributed by atoms with Gasteiger partial charge >= 0.3 is 0 Å². The smallest absolute Gasteiger partial charge is 0.0535 e. The molecule has 0 bridgehead atoms. The summed E-state index contributed by atoms with van der Waals surface area (Å²) in [5.41, 5.74) is 9.76. The Bertz CT molecular complexity index is 3150. The lowest BCUT2D eigenvalue weighted by atomic mass is 9.92. The molecule has 0 radical (unpaired) electrons. The summed E-state index contributed by atoms with van der Waals surface area (Å²) < 4.78 is 4.98. The Morgan fingerprint density at radius 1 is 0.308 bits per heavy atom. The van der Waals surface area contributed by atoms with Crippen molar-refractivity contribution in [3.8, 4) is 39.1 Å². The summed E-state index contributed by atoms with van der Waals surface area (Å²) >= 11 is 1.88. The fraction of sp³-hybridized carbons (Fsp3) is 0. The second-order valence-corrected chi connectivity index (χ2v) is 14.8.